The monoisotopic (exact) mass is 336 g/mol. The van der Waals surface area contributed by atoms with Gasteiger partial charge in [-0.15, -0.1) is 0 Å². The van der Waals surface area contributed by atoms with Crippen molar-refractivity contribution in [1.29, 1.82) is 0 Å². The highest BCUT2D eigenvalue weighted by Crippen LogP contribution is 2.30. The minimum absolute atomic E-state index is 0.141. The van der Waals surface area contributed by atoms with Crippen molar-refractivity contribution >= 4 is 0 Å². The number of alkyl halides is 3. The lowest BCUT2D eigenvalue weighted by Crippen LogP contribution is -2.06. The van der Waals surface area contributed by atoms with E-state index in [2.05, 4.69) is 26.0 Å². The quantitative estimate of drug-likeness (QED) is 0.593. The molecule has 0 N–H and O–H groups in total. The van der Waals surface area contributed by atoms with Gasteiger partial charge in [0.1, 0.15) is 5.75 Å². The highest BCUT2D eigenvalue weighted by Gasteiger charge is 2.30. The van der Waals surface area contributed by atoms with Crippen molar-refractivity contribution in [1.82, 2.24) is 0 Å². The number of hydrogen-bond acceptors (Lipinski definition) is 1. The van der Waals surface area contributed by atoms with Crippen LogP contribution in [0.25, 0.3) is 0 Å². The zero-order valence-electron chi connectivity index (χ0n) is 14.2. The van der Waals surface area contributed by atoms with E-state index in [4.69, 9.17) is 4.74 Å². The third kappa shape index (κ3) is 5.02. The van der Waals surface area contributed by atoms with Gasteiger partial charge in [0.15, 0.2) is 0 Å². The van der Waals surface area contributed by atoms with Crippen LogP contribution in [0.2, 0.25) is 0 Å². The number of hydrogen-bond donors (Lipinski definition) is 0. The smallest absolute Gasteiger partial charge is 0.416 e. The molecule has 0 bridgehead atoms. The molecule has 0 amide bonds. The van der Waals surface area contributed by atoms with Gasteiger partial charge in [-0.25, -0.2) is 0 Å². The molecule has 2 aromatic carbocycles. The molecule has 2 rings (SSSR count). The molecule has 4 heteroatoms. The molecule has 1 nitrogen and oxygen atoms in total. The van der Waals surface area contributed by atoms with Crippen LogP contribution < -0.4 is 4.74 Å². The summed E-state index contributed by atoms with van der Waals surface area (Å²) in [5, 5.41) is 0. The Morgan fingerprint density at radius 1 is 0.833 bits per heavy atom. The second kappa shape index (κ2) is 7.73. The van der Waals surface area contributed by atoms with Gasteiger partial charge in [0.05, 0.1) is 12.2 Å². The van der Waals surface area contributed by atoms with Crippen LogP contribution in [0.1, 0.15) is 55.7 Å². The van der Waals surface area contributed by atoms with Crippen LogP contribution in [0, 0.1) is 0 Å². The molecule has 0 radical (unpaired) electrons. The molecule has 0 aromatic heterocycles. The Kier molecular flexibility index (Phi) is 5.92. The van der Waals surface area contributed by atoms with Crippen molar-refractivity contribution in [3.63, 3.8) is 0 Å². The van der Waals surface area contributed by atoms with Gasteiger partial charge in [-0.3, -0.25) is 0 Å². The second-order valence-electron chi connectivity index (χ2n) is 6.38. The lowest BCUT2D eigenvalue weighted by atomic mass is 9.97. The van der Waals surface area contributed by atoms with Gasteiger partial charge in [0.25, 0.3) is 0 Å². The summed E-state index contributed by atoms with van der Waals surface area (Å²) in [6, 6.07) is 13.4. The molecule has 2 aromatic rings. The lowest BCUT2D eigenvalue weighted by Gasteiger charge is -2.14. The van der Waals surface area contributed by atoms with Crippen LogP contribution >= 0.6 is 0 Å². The van der Waals surface area contributed by atoms with E-state index in [-0.39, 0.29) is 5.92 Å². The van der Waals surface area contributed by atoms with Crippen LogP contribution in [0.3, 0.4) is 0 Å². The summed E-state index contributed by atoms with van der Waals surface area (Å²) >= 11 is 0. The van der Waals surface area contributed by atoms with E-state index in [0.29, 0.717) is 12.5 Å². The molecule has 1 unspecified atom stereocenters. The Morgan fingerprint density at radius 3 is 1.88 bits per heavy atom. The van der Waals surface area contributed by atoms with Gasteiger partial charge in [0.2, 0.25) is 0 Å². The SMILES string of the molecule is CC(C)c1ccc(OCCC(C)c2ccc(C(F)(F)F)cc2)cc1. The number of rotatable bonds is 6. The van der Waals surface area contributed by atoms with E-state index in [9.17, 15) is 13.2 Å². The van der Waals surface area contributed by atoms with Crippen molar-refractivity contribution in [2.24, 2.45) is 0 Å². The van der Waals surface area contributed by atoms with E-state index >= 15 is 0 Å². The summed E-state index contributed by atoms with van der Waals surface area (Å²) in [5.41, 5.74) is 1.54. The van der Waals surface area contributed by atoms with E-state index in [1.54, 1.807) is 12.1 Å². The summed E-state index contributed by atoms with van der Waals surface area (Å²) in [7, 11) is 0. The molecule has 0 aliphatic rings. The fraction of sp³-hybridized carbons (Fsp3) is 0.400. The fourth-order valence-electron chi connectivity index (χ4n) is 2.47. The summed E-state index contributed by atoms with van der Waals surface area (Å²) in [5.74, 6) is 1.44. The average molecular weight is 336 g/mol. The molecular weight excluding hydrogens is 313 g/mol. The Bertz CT molecular complexity index is 627. The van der Waals surface area contributed by atoms with Crippen LogP contribution in [0.4, 0.5) is 13.2 Å². The maximum Gasteiger partial charge on any atom is 0.416 e. The van der Waals surface area contributed by atoms with E-state index in [0.717, 1.165) is 29.9 Å². The third-order valence-corrected chi connectivity index (χ3v) is 4.17. The largest absolute Gasteiger partial charge is 0.494 e. The Labute approximate surface area is 141 Å². The maximum atomic E-state index is 12.6. The predicted octanol–water partition coefficient (Wildman–Crippen LogP) is 6.40. The Morgan fingerprint density at radius 2 is 1.38 bits per heavy atom. The Balaban J connectivity index is 1.85. The van der Waals surface area contributed by atoms with Gasteiger partial charge in [0, 0.05) is 0 Å². The van der Waals surface area contributed by atoms with Crippen LogP contribution in [0.5, 0.6) is 5.75 Å². The first-order chi connectivity index (χ1) is 11.3. The van der Waals surface area contributed by atoms with Crippen molar-refractivity contribution in [2.75, 3.05) is 6.61 Å². The molecule has 24 heavy (non-hydrogen) atoms. The first-order valence-corrected chi connectivity index (χ1v) is 8.17. The van der Waals surface area contributed by atoms with E-state index in [1.807, 2.05) is 19.1 Å². The zero-order valence-corrected chi connectivity index (χ0v) is 14.2. The van der Waals surface area contributed by atoms with E-state index in [1.165, 1.54) is 5.56 Å². The number of halogens is 3. The Hall–Kier alpha value is -1.97. The maximum absolute atomic E-state index is 12.6. The summed E-state index contributed by atoms with van der Waals surface area (Å²) in [6.45, 7) is 6.81. The molecule has 0 aliphatic carbocycles. The third-order valence-electron chi connectivity index (χ3n) is 4.17. The second-order valence-corrected chi connectivity index (χ2v) is 6.38. The standard InChI is InChI=1S/C20H23F3O/c1-14(2)16-6-10-19(11-7-16)24-13-12-15(3)17-4-8-18(9-5-17)20(21,22)23/h4-11,14-15H,12-13H2,1-3H3. The van der Waals surface area contributed by atoms with Crippen LogP contribution in [-0.4, -0.2) is 6.61 Å². The van der Waals surface area contributed by atoms with Gasteiger partial charge in [-0.2, -0.15) is 13.2 Å². The molecule has 1 atom stereocenters. The first kappa shape index (κ1) is 18.4. The molecule has 0 saturated heterocycles. The summed E-state index contributed by atoms with van der Waals surface area (Å²) < 4.78 is 43.4. The average Bonchev–Trinajstić information content (AvgIpc) is 2.54. The normalized spacial score (nSPS) is 13.1. The minimum Gasteiger partial charge on any atom is -0.494 e. The molecule has 130 valence electrons. The number of ether oxygens (including phenoxy) is 1. The van der Waals surface area contributed by atoms with Crippen molar-refractivity contribution in [3.05, 3.63) is 65.2 Å². The molecule has 0 spiro atoms. The van der Waals surface area contributed by atoms with Crippen molar-refractivity contribution in [2.45, 2.75) is 45.2 Å². The van der Waals surface area contributed by atoms with Crippen molar-refractivity contribution in [3.8, 4) is 5.75 Å². The topological polar surface area (TPSA) is 9.23 Å². The van der Waals surface area contributed by atoms with E-state index < -0.39 is 11.7 Å². The zero-order chi connectivity index (χ0) is 17.7. The molecule has 0 heterocycles. The molecule has 0 saturated carbocycles. The summed E-state index contributed by atoms with van der Waals surface area (Å²) in [6.07, 6.45) is -3.54. The molecule has 0 aliphatic heterocycles. The predicted molar refractivity (Wildman–Crippen MR) is 90.5 cm³/mol. The van der Waals surface area contributed by atoms with Gasteiger partial charge < -0.3 is 4.74 Å². The first-order valence-electron chi connectivity index (χ1n) is 8.17. The number of benzene rings is 2. The fourth-order valence-corrected chi connectivity index (χ4v) is 2.47. The molecule has 0 fully saturated rings. The van der Waals surface area contributed by atoms with Crippen LogP contribution in [-0.2, 0) is 6.18 Å². The summed E-state index contributed by atoms with van der Waals surface area (Å²) in [4.78, 5) is 0. The highest BCUT2D eigenvalue weighted by molar-refractivity contribution is 5.29. The van der Waals surface area contributed by atoms with Crippen LogP contribution in [0.15, 0.2) is 48.5 Å². The lowest BCUT2D eigenvalue weighted by molar-refractivity contribution is -0.137. The van der Waals surface area contributed by atoms with Gasteiger partial charge in [-0.05, 0) is 53.6 Å². The van der Waals surface area contributed by atoms with Crippen molar-refractivity contribution < 1.29 is 17.9 Å². The highest BCUT2D eigenvalue weighted by atomic mass is 19.4. The van der Waals surface area contributed by atoms with Gasteiger partial charge >= 0.3 is 6.18 Å². The minimum atomic E-state index is -4.28. The van der Waals surface area contributed by atoms with Gasteiger partial charge in [-0.1, -0.05) is 45.0 Å². The molecular formula is C20H23F3O.